The van der Waals surface area contributed by atoms with Crippen LogP contribution < -0.4 is 9.62 Å². The molecule has 1 atom stereocenters. The molecule has 0 heterocycles. The zero-order chi connectivity index (χ0) is 30.0. The number of hydrogen-bond acceptors (Lipinski definition) is 4. The predicted molar refractivity (Wildman–Crippen MR) is 166 cm³/mol. The Hall–Kier alpha value is -3.65. The Kier molecular flexibility index (Phi) is 11.5. The molecule has 7 nitrogen and oxygen atoms in total. The minimum absolute atomic E-state index is 0.104. The Morgan fingerprint density at radius 3 is 2.10 bits per heavy atom. The molecule has 8 heteroatoms. The summed E-state index contributed by atoms with van der Waals surface area (Å²) in [5.41, 5.74) is 4.49. The third kappa shape index (κ3) is 10.0. The van der Waals surface area contributed by atoms with E-state index in [1.807, 2.05) is 100 Å². The maximum absolute atomic E-state index is 13.9. The van der Waals surface area contributed by atoms with Crippen LogP contribution in [-0.4, -0.2) is 50.5 Å². The summed E-state index contributed by atoms with van der Waals surface area (Å²) in [5.74, 6) is -0.119. The lowest BCUT2D eigenvalue weighted by Gasteiger charge is -2.32. The number of nitrogens with one attached hydrogen (secondary N) is 1. The van der Waals surface area contributed by atoms with Crippen molar-refractivity contribution in [2.75, 3.05) is 23.7 Å². The minimum Gasteiger partial charge on any atom is -0.354 e. The fraction of sp³-hybridized carbons (Fsp3) is 0.394. The average molecular weight is 578 g/mol. The van der Waals surface area contributed by atoms with Crippen LogP contribution in [0.3, 0.4) is 0 Å². The summed E-state index contributed by atoms with van der Waals surface area (Å²) < 4.78 is 26.6. The minimum atomic E-state index is -3.55. The van der Waals surface area contributed by atoms with E-state index in [0.29, 0.717) is 25.1 Å². The molecule has 0 saturated heterocycles. The van der Waals surface area contributed by atoms with Crippen LogP contribution >= 0.6 is 0 Å². The van der Waals surface area contributed by atoms with E-state index in [1.165, 1.54) is 10.6 Å². The van der Waals surface area contributed by atoms with Crippen LogP contribution in [0, 0.1) is 19.8 Å². The van der Waals surface area contributed by atoms with Gasteiger partial charge in [0.25, 0.3) is 0 Å². The molecule has 0 bridgehead atoms. The van der Waals surface area contributed by atoms with Gasteiger partial charge in [-0.25, -0.2) is 8.42 Å². The maximum atomic E-state index is 13.9. The lowest BCUT2D eigenvalue weighted by atomic mass is 10.0. The van der Waals surface area contributed by atoms with Crippen molar-refractivity contribution in [2.24, 2.45) is 5.92 Å². The molecule has 0 aliphatic carbocycles. The number of benzene rings is 3. The molecule has 1 N–H and O–H groups in total. The molecule has 2 amide bonds. The lowest BCUT2D eigenvalue weighted by Crippen LogP contribution is -2.51. The Balaban J connectivity index is 1.88. The number of carbonyl (C=O) groups is 2. The van der Waals surface area contributed by atoms with Crippen molar-refractivity contribution in [3.05, 3.63) is 101 Å². The van der Waals surface area contributed by atoms with E-state index in [4.69, 9.17) is 0 Å². The van der Waals surface area contributed by atoms with Gasteiger partial charge in [-0.1, -0.05) is 86.1 Å². The molecule has 0 fully saturated rings. The number of amides is 2. The summed E-state index contributed by atoms with van der Waals surface area (Å²) in [6.07, 6.45) is 1.97. The van der Waals surface area contributed by atoms with Crippen LogP contribution in [0.4, 0.5) is 5.69 Å². The SMILES string of the molecule is Cc1cccc(CN(C(=O)CCCN(c2cccc(C)c2)S(C)(=O)=O)C(Cc2ccccc2)C(=O)NCC(C)C)c1. The first kappa shape index (κ1) is 31.9. The highest BCUT2D eigenvalue weighted by Gasteiger charge is 2.30. The number of hydrogen-bond donors (Lipinski definition) is 1. The fourth-order valence-corrected chi connectivity index (χ4v) is 5.73. The highest BCUT2D eigenvalue weighted by Crippen LogP contribution is 2.21. The number of aryl methyl sites for hydroxylation is 2. The zero-order valence-corrected chi connectivity index (χ0v) is 25.7. The summed E-state index contributed by atoms with van der Waals surface area (Å²) in [6, 6.07) is 24.2. The van der Waals surface area contributed by atoms with Crippen molar-refractivity contribution < 1.29 is 18.0 Å². The predicted octanol–water partition coefficient (Wildman–Crippen LogP) is 5.26. The third-order valence-electron chi connectivity index (χ3n) is 6.83. The standard InChI is InChI=1S/C33H43N3O4S/c1-25(2)23-34-33(38)31(22-28-14-7-6-8-15-28)35(24-29-16-9-12-26(3)20-29)32(37)18-11-19-36(41(5,39)40)30-17-10-13-27(4)21-30/h6-10,12-17,20-21,25,31H,11,18-19,22-24H2,1-5H3,(H,34,38). The molecule has 3 aromatic rings. The van der Waals surface area contributed by atoms with Gasteiger partial charge in [-0.3, -0.25) is 13.9 Å². The topological polar surface area (TPSA) is 86.8 Å². The Morgan fingerprint density at radius 1 is 0.854 bits per heavy atom. The van der Waals surface area contributed by atoms with Gasteiger partial charge in [-0.15, -0.1) is 0 Å². The fourth-order valence-electron chi connectivity index (χ4n) is 4.77. The van der Waals surface area contributed by atoms with Gasteiger partial charge < -0.3 is 10.2 Å². The number of nitrogens with zero attached hydrogens (tertiary/aromatic N) is 2. The van der Waals surface area contributed by atoms with Crippen molar-refractivity contribution in [3.63, 3.8) is 0 Å². The van der Waals surface area contributed by atoms with E-state index < -0.39 is 16.1 Å². The van der Waals surface area contributed by atoms with E-state index in [9.17, 15) is 18.0 Å². The smallest absolute Gasteiger partial charge is 0.243 e. The quantitative estimate of drug-likeness (QED) is 0.283. The molecule has 0 aliphatic rings. The summed E-state index contributed by atoms with van der Waals surface area (Å²) in [7, 11) is -3.55. The normalized spacial score (nSPS) is 12.1. The monoisotopic (exact) mass is 577 g/mol. The summed E-state index contributed by atoms with van der Waals surface area (Å²) >= 11 is 0. The van der Waals surface area contributed by atoms with Gasteiger partial charge in [0, 0.05) is 32.5 Å². The van der Waals surface area contributed by atoms with E-state index in [2.05, 4.69) is 5.32 Å². The highest BCUT2D eigenvalue weighted by molar-refractivity contribution is 7.92. The van der Waals surface area contributed by atoms with Crippen LogP contribution in [0.25, 0.3) is 0 Å². The molecule has 41 heavy (non-hydrogen) atoms. The van der Waals surface area contributed by atoms with Gasteiger partial charge in [-0.05, 0) is 55.0 Å². The molecule has 3 aromatic carbocycles. The molecule has 0 radical (unpaired) electrons. The summed E-state index contributed by atoms with van der Waals surface area (Å²) in [4.78, 5) is 29.2. The molecule has 0 aliphatic heterocycles. The molecule has 3 rings (SSSR count). The van der Waals surface area contributed by atoms with Gasteiger partial charge in [0.1, 0.15) is 6.04 Å². The van der Waals surface area contributed by atoms with Crippen LogP contribution in [-0.2, 0) is 32.6 Å². The molecule has 0 saturated carbocycles. The van der Waals surface area contributed by atoms with Gasteiger partial charge >= 0.3 is 0 Å². The first-order valence-electron chi connectivity index (χ1n) is 14.1. The van der Waals surface area contributed by atoms with Gasteiger partial charge in [0.05, 0.1) is 11.9 Å². The lowest BCUT2D eigenvalue weighted by molar-refractivity contribution is -0.141. The molecular formula is C33H43N3O4S. The molecule has 220 valence electrons. The average Bonchev–Trinajstić information content (AvgIpc) is 2.91. The second-order valence-electron chi connectivity index (χ2n) is 11.1. The summed E-state index contributed by atoms with van der Waals surface area (Å²) in [5, 5.41) is 3.04. The number of anilines is 1. The van der Waals surface area contributed by atoms with Crippen molar-refractivity contribution in [1.82, 2.24) is 10.2 Å². The maximum Gasteiger partial charge on any atom is 0.243 e. The van der Waals surface area contributed by atoms with E-state index >= 15 is 0 Å². The van der Waals surface area contributed by atoms with Crippen molar-refractivity contribution in [3.8, 4) is 0 Å². The van der Waals surface area contributed by atoms with Crippen molar-refractivity contribution in [1.29, 1.82) is 0 Å². The number of rotatable bonds is 14. The molecule has 1 unspecified atom stereocenters. The Morgan fingerprint density at radius 2 is 1.49 bits per heavy atom. The zero-order valence-electron chi connectivity index (χ0n) is 24.8. The van der Waals surface area contributed by atoms with E-state index in [0.717, 1.165) is 22.3 Å². The van der Waals surface area contributed by atoms with Gasteiger partial charge in [0.2, 0.25) is 21.8 Å². The largest absolute Gasteiger partial charge is 0.354 e. The summed E-state index contributed by atoms with van der Waals surface area (Å²) in [6.45, 7) is 8.92. The second-order valence-corrected chi connectivity index (χ2v) is 13.0. The van der Waals surface area contributed by atoms with Gasteiger partial charge in [-0.2, -0.15) is 0 Å². The first-order chi connectivity index (χ1) is 19.4. The van der Waals surface area contributed by atoms with E-state index in [-0.39, 0.29) is 37.2 Å². The first-order valence-corrected chi connectivity index (χ1v) is 16.0. The molecule has 0 spiro atoms. The highest BCUT2D eigenvalue weighted by atomic mass is 32.2. The van der Waals surface area contributed by atoms with Gasteiger partial charge in [0.15, 0.2) is 0 Å². The van der Waals surface area contributed by atoms with Crippen LogP contribution in [0.2, 0.25) is 0 Å². The molecule has 0 aromatic heterocycles. The van der Waals surface area contributed by atoms with Crippen LogP contribution in [0.5, 0.6) is 0 Å². The third-order valence-corrected chi connectivity index (χ3v) is 8.03. The molecular weight excluding hydrogens is 534 g/mol. The van der Waals surface area contributed by atoms with Crippen molar-refractivity contribution >= 4 is 27.5 Å². The number of sulfonamides is 1. The van der Waals surface area contributed by atoms with Crippen LogP contribution in [0.15, 0.2) is 78.9 Å². The van der Waals surface area contributed by atoms with Crippen molar-refractivity contribution in [2.45, 2.75) is 59.5 Å². The van der Waals surface area contributed by atoms with E-state index in [1.54, 1.807) is 11.0 Å². The Bertz CT molecular complexity index is 1410. The van der Waals surface area contributed by atoms with Crippen LogP contribution in [0.1, 0.15) is 48.9 Å². The number of carbonyl (C=O) groups excluding carboxylic acids is 2. The second kappa shape index (κ2) is 14.8. The Labute approximate surface area is 245 Å².